The Bertz CT molecular complexity index is 543. The van der Waals surface area contributed by atoms with Crippen LogP contribution >= 0.6 is 23.8 Å². The standard InChI is InChI=1S/C13H14ClFN2OS/c1-7-5-13(6-7,11(16)19)12(18)17-10-4-8(15)2-3-9(10)14/h2-4,7H,5-6H2,1H3,(H2,16,19)(H,17,18). The molecule has 3 N–H and O–H groups in total. The maximum absolute atomic E-state index is 13.2. The normalized spacial score (nSPS) is 25.5. The molecule has 1 aromatic carbocycles. The first-order valence-corrected chi connectivity index (χ1v) is 6.70. The van der Waals surface area contributed by atoms with Gasteiger partial charge in [-0.05, 0) is 37.0 Å². The van der Waals surface area contributed by atoms with Crippen LogP contribution in [0.25, 0.3) is 0 Å². The molecule has 0 radical (unpaired) electrons. The Labute approximate surface area is 121 Å². The van der Waals surface area contributed by atoms with E-state index in [1.165, 1.54) is 18.2 Å². The average Bonchev–Trinajstić information content (AvgIpc) is 2.28. The molecule has 102 valence electrons. The van der Waals surface area contributed by atoms with E-state index >= 15 is 0 Å². The van der Waals surface area contributed by atoms with E-state index in [2.05, 4.69) is 5.32 Å². The second-order valence-corrected chi connectivity index (χ2v) is 5.89. The van der Waals surface area contributed by atoms with Gasteiger partial charge in [-0.3, -0.25) is 4.79 Å². The molecule has 0 bridgehead atoms. The number of halogens is 2. The molecule has 6 heteroatoms. The van der Waals surface area contributed by atoms with E-state index in [9.17, 15) is 9.18 Å². The molecule has 0 unspecified atom stereocenters. The molecule has 1 amide bonds. The van der Waals surface area contributed by atoms with Gasteiger partial charge in [0.15, 0.2) is 0 Å². The Kier molecular flexibility index (Phi) is 3.78. The molecule has 0 aliphatic heterocycles. The maximum atomic E-state index is 13.2. The van der Waals surface area contributed by atoms with E-state index in [4.69, 9.17) is 29.6 Å². The summed E-state index contributed by atoms with van der Waals surface area (Å²) in [6.07, 6.45) is 1.22. The van der Waals surface area contributed by atoms with Crippen molar-refractivity contribution < 1.29 is 9.18 Å². The Morgan fingerprint density at radius 2 is 2.21 bits per heavy atom. The van der Waals surface area contributed by atoms with Gasteiger partial charge in [-0.25, -0.2) is 4.39 Å². The van der Waals surface area contributed by atoms with Crippen LogP contribution in [0.15, 0.2) is 18.2 Å². The van der Waals surface area contributed by atoms with Crippen LogP contribution < -0.4 is 11.1 Å². The minimum absolute atomic E-state index is 0.177. The van der Waals surface area contributed by atoms with Crippen molar-refractivity contribution in [1.82, 2.24) is 0 Å². The summed E-state index contributed by atoms with van der Waals surface area (Å²) in [4.78, 5) is 12.5. The Morgan fingerprint density at radius 3 is 2.74 bits per heavy atom. The minimum Gasteiger partial charge on any atom is -0.392 e. The first-order valence-electron chi connectivity index (χ1n) is 5.91. The number of nitrogens with two attached hydrogens (primary N) is 1. The SMILES string of the molecule is CC1CC(C(=O)Nc2cc(F)ccc2Cl)(C(N)=S)C1. The van der Waals surface area contributed by atoms with Gasteiger partial charge in [-0.1, -0.05) is 30.7 Å². The lowest BCUT2D eigenvalue weighted by Crippen LogP contribution is -2.53. The topological polar surface area (TPSA) is 55.1 Å². The van der Waals surface area contributed by atoms with Crippen LogP contribution in [0.3, 0.4) is 0 Å². The number of nitrogens with one attached hydrogen (secondary N) is 1. The fourth-order valence-electron chi connectivity index (χ4n) is 2.46. The Hall–Kier alpha value is -1.20. The molecule has 1 saturated carbocycles. The molecule has 1 aliphatic rings. The molecular formula is C13H14ClFN2OS. The van der Waals surface area contributed by atoms with Gasteiger partial charge in [0.25, 0.3) is 0 Å². The van der Waals surface area contributed by atoms with Crippen LogP contribution in [0.1, 0.15) is 19.8 Å². The molecule has 1 fully saturated rings. The second kappa shape index (κ2) is 5.06. The van der Waals surface area contributed by atoms with E-state index in [-0.39, 0.29) is 21.6 Å². The number of amides is 1. The maximum Gasteiger partial charge on any atom is 0.237 e. The van der Waals surface area contributed by atoms with Gasteiger partial charge in [0, 0.05) is 0 Å². The van der Waals surface area contributed by atoms with Crippen molar-refractivity contribution >= 4 is 40.4 Å². The lowest BCUT2D eigenvalue weighted by molar-refractivity contribution is -0.127. The molecule has 0 saturated heterocycles. The van der Waals surface area contributed by atoms with E-state index in [0.717, 1.165) is 0 Å². The zero-order valence-corrected chi connectivity index (χ0v) is 11.9. The Balaban J connectivity index is 2.21. The summed E-state index contributed by atoms with van der Waals surface area (Å²) in [5.41, 5.74) is 5.09. The van der Waals surface area contributed by atoms with Crippen molar-refractivity contribution in [2.45, 2.75) is 19.8 Å². The van der Waals surface area contributed by atoms with E-state index < -0.39 is 11.2 Å². The highest BCUT2D eigenvalue weighted by Gasteiger charge is 2.50. The zero-order valence-electron chi connectivity index (χ0n) is 10.4. The van der Waals surface area contributed by atoms with E-state index in [0.29, 0.717) is 18.8 Å². The third-order valence-corrected chi connectivity index (χ3v) is 4.20. The van der Waals surface area contributed by atoms with Crippen LogP contribution in [-0.2, 0) is 4.79 Å². The number of carbonyl (C=O) groups is 1. The summed E-state index contributed by atoms with van der Waals surface area (Å²) in [7, 11) is 0. The number of rotatable bonds is 3. The van der Waals surface area contributed by atoms with Crippen molar-refractivity contribution in [3.05, 3.63) is 29.0 Å². The first-order chi connectivity index (χ1) is 8.85. The quantitative estimate of drug-likeness (QED) is 0.843. The van der Waals surface area contributed by atoms with Crippen LogP contribution in [0.2, 0.25) is 5.02 Å². The summed E-state index contributed by atoms with van der Waals surface area (Å²) in [5, 5.41) is 2.90. The Morgan fingerprint density at radius 1 is 1.58 bits per heavy atom. The third-order valence-electron chi connectivity index (χ3n) is 3.48. The summed E-state index contributed by atoms with van der Waals surface area (Å²) in [5.74, 6) is -0.383. The molecule has 0 atom stereocenters. The highest BCUT2D eigenvalue weighted by Crippen LogP contribution is 2.46. The van der Waals surface area contributed by atoms with E-state index in [1.807, 2.05) is 6.92 Å². The van der Waals surface area contributed by atoms with Crippen LogP contribution in [0, 0.1) is 17.2 Å². The van der Waals surface area contributed by atoms with Crippen molar-refractivity contribution in [3.63, 3.8) is 0 Å². The fraction of sp³-hybridized carbons (Fsp3) is 0.385. The molecule has 19 heavy (non-hydrogen) atoms. The van der Waals surface area contributed by atoms with Gasteiger partial charge >= 0.3 is 0 Å². The highest BCUT2D eigenvalue weighted by atomic mass is 35.5. The number of carbonyl (C=O) groups excluding carboxylic acids is 1. The summed E-state index contributed by atoms with van der Waals surface area (Å²) in [6, 6.07) is 3.80. The molecule has 2 rings (SSSR count). The second-order valence-electron chi connectivity index (χ2n) is 5.04. The zero-order chi connectivity index (χ0) is 14.2. The largest absolute Gasteiger partial charge is 0.392 e. The molecule has 0 heterocycles. The van der Waals surface area contributed by atoms with Gasteiger partial charge in [-0.15, -0.1) is 0 Å². The van der Waals surface area contributed by atoms with Crippen LogP contribution in [0.5, 0.6) is 0 Å². The van der Waals surface area contributed by atoms with E-state index in [1.54, 1.807) is 0 Å². The number of hydrogen-bond acceptors (Lipinski definition) is 2. The van der Waals surface area contributed by atoms with Crippen molar-refractivity contribution in [1.29, 1.82) is 0 Å². The molecular weight excluding hydrogens is 287 g/mol. The van der Waals surface area contributed by atoms with Crippen molar-refractivity contribution in [3.8, 4) is 0 Å². The van der Waals surface area contributed by atoms with Crippen LogP contribution in [0.4, 0.5) is 10.1 Å². The molecule has 3 nitrogen and oxygen atoms in total. The first kappa shape index (κ1) is 14.2. The van der Waals surface area contributed by atoms with Crippen molar-refractivity contribution in [2.75, 3.05) is 5.32 Å². The average molecular weight is 301 g/mol. The smallest absolute Gasteiger partial charge is 0.237 e. The molecule has 0 aromatic heterocycles. The van der Waals surface area contributed by atoms with Crippen molar-refractivity contribution in [2.24, 2.45) is 17.1 Å². The number of benzene rings is 1. The number of anilines is 1. The highest BCUT2D eigenvalue weighted by molar-refractivity contribution is 7.80. The van der Waals surface area contributed by atoms with Gasteiger partial charge in [0.2, 0.25) is 5.91 Å². The fourth-order valence-corrected chi connectivity index (χ4v) is 2.89. The lowest BCUT2D eigenvalue weighted by Gasteiger charge is -2.44. The molecule has 1 aromatic rings. The lowest BCUT2D eigenvalue weighted by atomic mass is 9.62. The van der Waals surface area contributed by atoms with Gasteiger partial charge in [-0.2, -0.15) is 0 Å². The predicted octanol–water partition coefficient (Wildman–Crippen LogP) is 3.12. The number of hydrogen-bond donors (Lipinski definition) is 2. The van der Waals surface area contributed by atoms with Gasteiger partial charge < -0.3 is 11.1 Å². The summed E-state index contributed by atoms with van der Waals surface area (Å²) in [6.45, 7) is 2.03. The third kappa shape index (κ3) is 2.58. The van der Waals surface area contributed by atoms with Gasteiger partial charge in [0.05, 0.1) is 21.1 Å². The molecule has 1 aliphatic carbocycles. The predicted molar refractivity (Wildman–Crippen MR) is 77.7 cm³/mol. The number of thiocarbonyl (C=S) groups is 1. The molecule has 0 spiro atoms. The van der Waals surface area contributed by atoms with Gasteiger partial charge in [0.1, 0.15) is 5.82 Å². The minimum atomic E-state index is -0.829. The van der Waals surface area contributed by atoms with Crippen LogP contribution in [-0.4, -0.2) is 10.9 Å². The summed E-state index contributed by atoms with van der Waals surface area (Å²) < 4.78 is 13.2. The summed E-state index contributed by atoms with van der Waals surface area (Å²) >= 11 is 10.9. The monoisotopic (exact) mass is 300 g/mol.